The molecule has 29 heavy (non-hydrogen) atoms. The number of rotatable bonds is 1. The first-order chi connectivity index (χ1) is 14.1. The molecule has 0 aliphatic heterocycles. The van der Waals surface area contributed by atoms with Crippen LogP contribution in [0.1, 0.15) is 25.0 Å². The fourth-order valence-electron chi connectivity index (χ4n) is 4.94. The molecule has 1 aliphatic carbocycles. The van der Waals surface area contributed by atoms with Crippen molar-refractivity contribution in [2.24, 2.45) is 0 Å². The molecule has 6 rings (SSSR count). The summed E-state index contributed by atoms with van der Waals surface area (Å²) >= 11 is 0. The van der Waals surface area contributed by atoms with E-state index >= 15 is 0 Å². The van der Waals surface area contributed by atoms with Crippen LogP contribution in [0.3, 0.4) is 0 Å². The minimum Gasteiger partial charge on any atom is -0.256 e. The summed E-state index contributed by atoms with van der Waals surface area (Å²) in [5, 5.41) is 3.63. The normalized spacial score (nSPS) is 14.1. The number of aromatic nitrogens is 1. The maximum absolute atomic E-state index is 4.60. The molecule has 0 bridgehead atoms. The number of hydrogen-bond donors (Lipinski definition) is 0. The van der Waals surface area contributed by atoms with Crippen LogP contribution in [-0.4, -0.2) is 4.98 Å². The number of hydrogen-bond acceptors (Lipinski definition) is 1. The second-order valence-electron chi connectivity index (χ2n) is 8.51. The maximum Gasteiger partial charge on any atom is 0.0780 e. The van der Waals surface area contributed by atoms with Gasteiger partial charge in [-0.1, -0.05) is 80.6 Å². The molecule has 138 valence electrons. The highest BCUT2D eigenvalue weighted by Gasteiger charge is 2.35. The average molecular weight is 371 g/mol. The van der Waals surface area contributed by atoms with Gasteiger partial charge in [-0.25, -0.2) is 0 Å². The summed E-state index contributed by atoms with van der Waals surface area (Å²) in [5.41, 5.74) is 9.19. The van der Waals surface area contributed by atoms with Crippen molar-refractivity contribution in [3.63, 3.8) is 0 Å². The Morgan fingerprint density at radius 2 is 1.38 bits per heavy atom. The molecule has 0 fully saturated rings. The summed E-state index contributed by atoms with van der Waals surface area (Å²) in [4.78, 5) is 4.60. The lowest BCUT2D eigenvalue weighted by molar-refractivity contribution is 0.660. The molecule has 0 spiro atoms. The minimum atomic E-state index is 0.0267. The predicted molar refractivity (Wildman–Crippen MR) is 122 cm³/mol. The lowest BCUT2D eigenvalue weighted by Gasteiger charge is -2.22. The molecule has 1 nitrogen and oxygen atoms in total. The van der Waals surface area contributed by atoms with Gasteiger partial charge in [0.2, 0.25) is 0 Å². The summed E-state index contributed by atoms with van der Waals surface area (Å²) in [6.45, 7) is 4.67. The van der Waals surface area contributed by atoms with Crippen LogP contribution in [0.25, 0.3) is 43.9 Å². The van der Waals surface area contributed by atoms with Gasteiger partial charge in [0.15, 0.2) is 0 Å². The van der Waals surface area contributed by atoms with Gasteiger partial charge in [-0.3, -0.25) is 4.98 Å². The molecule has 4 aromatic carbocycles. The fourth-order valence-corrected chi connectivity index (χ4v) is 4.94. The SMILES string of the molecule is CC1(C)c2ccccc2-c2ccc(-c3ccc4c(ccc5cccnc54)c3)cc21. The molecule has 0 radical (unpaired) electrons. The Morgan fingerprint density at radius 3 is 2.31 bits per heavy atom. The molecular weight excluding hydrogens is 350 g/mol. The number of nitrogens with zero attached hydrogens (tertiary/aromatic N) is 1. The van der Waals surface area contributed by atoms with Crippen molar-refractivity contribution in [3.05, 3.63) is 102 Å². The summed E-state index contributed by atoms with van der Waals surface area (Å²) in [6, 6.07) is 31.0. The van der Waals surface area contributed by atoms with E-state index in [0.29, 0.717) is 0 Å². The molecular formula is C28H21N. The third-order valence-corrected chi connectivity index (χ3v) is 6.50. The number of pyridine rings is 1. The number of fused-ring (bicyclic) bond motifs is 6. The van der Waals surface area contributed by atoms with Crippen LogP contribution in [-0.2, 0) is 5.41 Å². The predicted octanol–water partition coefficient (Wildman–Crippen LogP) is 7.36. The Morgan fingerprint density at radius 1 is 0.621 bits per heavy atom. The van der Waals surface area contributed by atoms with Crippen molar-refractivity contribution in [2.45, 2.75) is 19.3 Å². The Balaban J connectivity index is 1.52. The van der Waals surface area contributed by atoms with Crippen molar-refractivity contribution in [2.75, 3.05) is 0 Å². The van der Waals surface area contributed by atoms with Crippen LogP contribution < -0.4 is 0 Å². The van der Waals surface area contributed by atoms with E-state index in [9.17, 15) is 0 Å². The molecule has 5 aromatic rings. The fraction of sp³-hybridized carbons (Fsp3) is 0.107. The minimum absolute atomic E-state index is 0.0267. The molecule has 0 atom stereocenters. The van der Waals surface area contributed by atoms with Gasteiger partial charge >= 0.3 is 0 Å². The van der Waals surface area contributed by atoms with Crippen molar-refractivity contribution >= 4 is 21.7 Å². The smallest absolute Gasteiger partial charge is 0.0780 e. The van der Waals surface area contributed by atoms with Crippen LogP contribution in [0, 0.1) is 0 Å². The average Bonchev–Trinajstić information content (AvgIpc) is 3.00. The standard InChI is InChI=1S/C28H21N/c1-28(2)25-8-4-3-7-23(25)24-14-12-20(17-26(24)28)19-11-13-22-21(16-19)10-9-18-6-5-15-29-27(18)22/h3-17H,1-2H3. The van der Waals surface area contributed by atoms with E-state index in [-0.39, 0.29) is 5.41 Å². The van der Waals surface area contributed by atoms with Gasteiger partial charge in [0.25, 0.3) is 0 Å². The van der Waals surface area contributed by atoms with E-state index < -0.39 is 0 Å². The Bertz CT molecular complexity index is 1430. The maximum atomic E-state index is 4.60. The van der Waals surface area contributed by atoms with Crippen molar-refractivity contribution in [1.29, 1.82) is 0 Å². The first-order valence-electron chi connectivity index (χ1n) is 10.2. The van der Waals surface area contributed by atoms with Gasteiger partial charge in [-0.2, -0.15) is 0 Å². The van der Waals surface area contributed by atoms with Crippen molar-refractivity contribution in [3.8, 4) is 22.3 Å². The zero-order valence-corrected chi connectivity index (χ0v) is 16.6. The summed E-state index contributed by atoms with van der Waals surface area (Å²) < 4.78 is 0. The molecule has 0 amide bonds. The molecule has 0 saturated heterocycles. The van der Waals surface area contributed by atoms with Gasteiger partial charge in [-0.15, -0.1) is 0 Å². The zero-order valence-electron chi connectivity index (χ0n) is 16.6. The van der Waals surface area contributed by atoms with Gasteiger partial charge in [0.05, 0.1) is 5.52 Å². The van der Waals surface area contributed by atoms with Crippen LogP contribution in [0.15, 0.2) is 91.1 Å². The summed E-state index contributed by atoms with van der Waals surface area (Å²) in [7, 11) is 0. The van der Waals surface area contributed by atoms with Crippen LogP contribution >= 0.6 is 0 Å². The highest BCUT2D eigenvalue weighted by molar-refractivity contribution is 6.06. The van der Waals surface area contributed by atoms with E-state index in [2.05, 4.69) is 97.7 Å². The van der Waals surface area contributed by atoms with E-state index in [0.717, 1.165) is 5.52 Å². The second-order valence-corrected chi connectivity index (χ2v) is 8.51. The molecule has 0 unspecified atom stereocenters. The largest absolute Gasteiger partial charge is 0.256 e. The third kappa shape index (κ3) is 2.31. The molecule has 1 aromatic heterocycles. The second kappa shape index (κ2) is 5.78. The van der Waals surface area contributed by atoms with E-state index in [1.165, 1.54) is 49.5 Å². The van der Waals surface area contributed by atoms with E-state index in [1.807, 2.05) is 12.3 Å². The summed E-state index contributed by atoms with van der Waals surface area (Å²) in [5.74, 6) is 0. The quantitative estimate of drug-likeness (QED) is 0.280. The van der Waals surface area contributed by atoms with Crippen LogP contribution in [0.5, 0.6) is 0 Å². The molecule has 1 heteroatoms. The van der Waals surface area contributed by atoms with Crippen LogP contribution in [0.2, 0.25) is 0 Å². The Labute approximate surface area is 170 Å². The van der Waals surface area contributed by atoms with Gasteiger partial charge in [-0.05, 0) is 57.0 Å². The highest BCUT2D eigenvalue weighted by Crippen LogP contribution is 2.49. The third-order valence-electron chi connectivity index (χ3n) is 6.50. The first kappa shape index (κ1) is 16.5. The molecule has 0 N–H and O–H groups in total. The molecule has 0 saturated carbocycles. The lowest BCUT2D eigenvalue weighted by atomic mass is 9.81. The van der Waals surface area contributed by atoms with Gasteiger partial charge in [0, 0.05) is 22.4 Å². The van der Waals surface area contributed by atoms with Crippen molar-refractivity contribution < 1.29 is 0 Å². The zero-order chi connectivity index (χ0) is 19.6. The highest BCUT2D eigenvalue weighted by atomic mass is 14.6. The molecule has 1 aliphatic rings. The Kier molecular flexibility index (Phi) is 3.29. The van der Waals surface area contributed by atoms with E-state index in [1.54, 1.807) is 0 Å². The van der Waals surface area contributed by atoms with Gasteiger partial charge < -0.3 is 0 Å². The first-order valence-corrected chi connectivity index (χ1v) is 10.2. The number of benzene rings is 4. The van der Waals surface area contributed by atoms with Crippen molar-refractivity contribution in [1.82, 2.24) is 4.98 Å². The van der Waals surface area contributed by atoms with E-state index in [4.69, 9.17) is 0 Å². The van der Waals surface area contributed by atoms with Crippen LogP contribution in [0.4, 0.5) is 0 Å². The topological polar surface area (TPSA) is 12.9 Å². The summed E-state index contributed by atoms with van der Waals surface area (Å²) in [6.07, 6.45) is 1.87. The van der Waals surface area contributed by atoms with Gasteiger partial charge in [0.1, 0.15) is 0 Å². The molecule has 1 heterocycles. The lowest BCUT2D eigenvalue weighted by Crippen LogP contribution is -2.14. The Hall–Kier alpha value is -3.45. The monoisotopic (exact) mass is 371 g/mol.